The zero-order valence-corrected chi connectivity index (χ0v) is 9.28. The molecule has 0 spiro atoms. The highest BCUT2D eigenvalue weighted by molar-refractivity contribution is 5.99. The first-order chi connectivity index (χ1) is 8.38. The van der Waals surface area contributed by atoms with Gasteiger partial charge in [0.25, 0.3) is 0 Å². The van der Waals surface area contributed by atoms with Gasteiger partial charge in [0, 0.05) is 0 Å². The second-order valence-corrected chi connectivity index (χ2v) is 3.92. The zero-order chi connectivity index (χ0) is 13.3. The van der Waals surface area contributed by atoms with Crippen LogP contribution in [0.1, 0.15) is 0 Å². The number of nitrogens with two attached hydrogens (primary N) is 1. The van der Waals surface area contributed by atoms with Crippen molar-refractivity contribution in [1.82, 2.24) is 0 Å². The van der Waals surface area contributed by atoms with E-state index in [0.29, 0.717) is 4.90 Å². The van der Waals surface area contributed by atoms with Gasteiger partial charge in [0.1, 0.15) is 24.9 Å². The Morgan fingerprint density at radius 1 is 1.39 bits per heavy atom. The maximum atomic E-state index is 12.5. The van der Waals surface area contributed by atoms with Gasteiger partial charge < -0.3 is 10.5 Å². The van der Waals surface area contributed by atoms with Crippen molar-refractivity contribution in [3.63, 3.8) is 0 Å². The van der Waals surface area contributed by atoms with Gasteiger partial charge >= 0.3 is 6.18 Å². The molecule has 0 fully saturated rings. The number of rotatable bonds is 1. The largest absolute Gasteiger partial charge is 0.489 e. The molecule has 0 bridgehead atoms. The molecular formula is C11H11F3N2O2. The molecule has 1 atom stereocenters. The number of nitrogens with zero attached hydrogens (tertiary/aromatic N) is 1. The third-order valence-corrected chi connectivity index (χ3v) is 2.50. The lowest BCUT2D eigenvalue weighted by Gasteiger charge is -2.24. The first-order valence-corrected chi connectivity index (χ1v) is 5.24. The summed E-state index contributed by atoms with van der Waals surface area (Å²) in [5.41, 5.74) is 5.57. The van der Waals surface area contributed by atoms with E-state index in [2.05, 4.69) is 0 Å². The second kappa shape index (κ2) is 4.49. The number of ether oxygens (including phenoxy) is 1. The summed E-state index contributed by atoms with van der Waals surface area (Å²) in [6.07, 6.45) is -4.49. The van der Waals surface area contributed by atoms with E-state index in [0.717, 1.165) is 0 Å². The lowest BCUT2D eigenvalue weighted by molar-refractivity contribution is -0.133. The van der Waals surface area contributed by atoms with Gasteiger partial charge in [0.15, 0.2) is 0 Å². The van der Waals surface area contributed by atoms with Crippen LogP contribution < -0.4 is 15.4 Å². The van der Waals surface area contributed by atoms with Gasteiger partial charge in [-0.05, 0) is 12.1 Å². The first-order valence-electron chi connectivity index (χ1n) is 5.24. The van der Waals surface area contributed by atoms with Gasteiger partial charge in [-0.3, -0.25) is 9.69 Å². The number of para-hydroxylation sites is 2. The summed E-state index contributed by atoms with van der Waals surface area (Å²) in [5, 5.41) is 0. The number of carbonyl (C=O) groups is 1. The molecule has 1 aliphatic heterocycles. The van der Waals surface area contributed by atoms with E-state index in [1.807, 2.05) is 0 Å². The number of amides is 1. The van der Waals surface area contributed by atoms with Gasteiger partial charge in [-0.25, -0.2) is 0 Å². The predicted molar refractivity (Wildman–Crippen MR) is 58.3 cm³/mol. The fourth-order valence-electron chi connectivity index (χ4n) is 1.71. The van der Waals surface area contributed by atoms with Gasteiger partial charge in [0.2, 0.25) is 5.91 Å². The molecule has 2 N–H and O–H groups in total. The summed E-state index contributed by atoms with van der Waals surface area (Å²) < 4.78 is 42.7. The minimum atomic E-state index is -4.49. The van der Waals surface area contributed by atoms with E-state index in [1.54, 1.807) is 6.07 Å². The van der Waals surface area contributed by atoms with Crippen LogP contribution in [0, 0.1) is 0 Å². The summed E-state index contributed by atoms with van der Waals surface area (Å²) in [6, 6.07) is 4.96. The summed E-state index contributed by atoms with van der Waals surface area (Å²) in [4.78, 5) is 12.4. The molecule has 0 radical (unpaired) electrons. The monoisotopic (exact) mass is 260 g/mol. The average Bonchev–Trinajstić information content (AvgIpc) is 2.41. The van der Waals surface area contributed by atoms with Crippen LogP contribution in [0.15, 0.2) is 24.3 Å². The minimum absolute atomic E-state index is 0.0905. The van der Waals surface area contributed by atoms with Crippen molar-refractivity contribution < 1.29 is 22.7 Å². The van der Waals surface area contributed by atoms with Crippen LogP contribution in [-0.4, -0.2) is 31.3 Å². The third kappa shape index (κ3) is 2.56. The van der Waals surface area contributed by atoms with Crippen LogP contribution >= 0.6 is 0 Å². The predicted octanol–water partition coefficient (Wildman–Crippen LogP) is 1.30. The van der Waals surface area contributed by atoms with E-state index >= 15 is 0 Å². The van der Waals surface area contributed by atoms with Crippen molar-refractivity contribution in [2.75, 3.05) is 18.1 Å². The summed E-state index contributed by atoms with van der Waals surface area (Å²) >= 11 is 0. The number of hydrogen-bond donors (Lipinski definition) is 1. The lowest BCUT2D eigenvalue weighted by atomic mass is 10.2. The lowest BCUT2D eigenvalue weighted by Crippen LogP contribution is -2.48. The molecule has 2 rings (SSSR count). The Balaban J connectivity index is 2.41. The number of carbonyl (C=O) groups excluding carboxylic acids is 1. The number of hydrogen-bond acceptors (Lipinski definition) is 3. The van der Waals surface area contributed by atoms with Crippen LogP contribution in [0.2, 0.25) is 0 Å². The van der Waals surface area contributed by atoms with Crippen molar-refractivity contribution in [3.05, 3.63) is 24.3 Å². The van der Waals surface area contributed by atoms with E-state index in [9.17, 15) is 18.0 Å². The Kier molecular flexibility index (Phi) is 3.16. The van der Waals surface area contributed by atoms with Crippen LogP contribution in [0.4, 0.5) is 18.9 Å². The highest BCUT2D eigenvalue weighted by Gasteiger charge is 2.38. The molecule has 1 amide bonds. The van der Waals surface area contributed by atoms with E-state index in [4.69, 9.17) is 10.5 Å². The fourth-order valence-corrected chi connectivity index (χ4v) is 1.71. The Hall–Kier alpha value is -1.76. The van der Waals surface area contributed by atoms with Crippen molar-refractivity contribution in [1.29, 1.82) is 0 Å². The molecule has 18 heavy (non-hydrogen) atoms. The van der Waals surface area contributed by atoms with Crippen LogP contribution in [0.3, 0.4) is 0 Å². The molecule has 1 aromatic carbocycles. The number of benzene rings is 1. The standard InChI is InChI=1S/C11H11F3N2O2/c12-11(13,14)6-16-8-3-1-2-4-9(8)18-5-7(15)10(16)17/h1-4,7H,5-6,15H2/t7-/m1/s1. The van der Waals surface area contributed by atoms with Gasteiger partial charge in [-0.1, -0.05) is 12.1 Å². The topological polar surface area (TPSA) is 55.6 Å². The quantitative estimate of drug-likeness (QED) is 0.828. The highest BCUT2D eigenvalue weighted by Crippen LogP contribution is 2.32. The summed E-state index contributed by atoms with van der Waals surface area (Å²) in [7, 11) is 0. The molecule has 1 aromatic rings. The molecule has 1 heterocycles. The Morgan fingerprint density at radius 3 is 2.72 bits per heavy atom. The van der Waals surface area contributed by atoms with Crippen molar-refractivity contribution >= 4 is 11.6 Å². The maximum Gasteiger partial charge on any atom is 0.406 e. The molecule has 0 aromatic heterocycles. The van der Waals surface area contributed by atoms with Crippen molar-refractivity contribution in [2.45, 2.75) is 12.2 Å². The molecule has 98 valence electrons. The average molecular weight is 260 g/mol. The van der Waals surface area contributed by atoms with E-state index in [-0.39, 0.29) is 18.0 Å². The van der Waals surface area contributed by atoms with Crippen molar-refractivity contribution in [3.8, 4) is 5.75 Å². The van der Waals surface area contributed by atoms with Crippen LogP contribution in [0.5, 0.6) is 5.75 Å². The smallest absolute Gasteiger partial charge is 0.406 e. The highest BCUT2D eigenvalue weighted by atomic mass is 19.4. The number of halogens is 3. The summed E-state index contributed by atoms with van der Waals surface area (Å²) in [6.45, 7) is -1.51. The molecule has 0 aliphatic carbocycles. The maximum absolute atomic E-state index is 12.5. The Bertz CT molecular complexity index is 462. The number of alkyl halides is 3. The normalized spacial score (nSPS) is 20.1. The number of anilines is 1. The molecular weight excluding hydrogens is 249 g/mol. The third-order valence-electron chi connectivity index (χ3n) is 2.50. The molecule has 4 nitrogen and oxygen atoms in total. The van der Waals surface area contributed by atoms with Crippen molar-refractivity contribution in [2.24, 2.45) is 5.73 Å². The molecule has 0 saturated heterocycles. The number of fused-ring (bicyclic) bond motifs is 1. The van der Waals surface area contributed by atoms with Gasteiger partial charge in [-0.2, -0.15) is 13.2 Å². The van der Waals surface area contributed by atoms with E-state index < -0.39 is 24.7 Å². The van der Waals surface area contributed by atoms with Gasteiger partial charge in [-0.15, -0.1) is 0 Å². The molecule has 0 unspecified atom stereocenters. The minimum Gasteiger partial charge on any atom is -0.489 e. The molecule has 7 heteroatoms. The fraction of sp³-hybridized carbons (Fsp3) is 0.364. The van der Waals surface area contributed by atoms with E-state index in [1.165, 1.54) is 18.2 Å². The Labute approximate surface area is 101 Å². The van der Waals surface area contributed by atoms with Gasteiger partial charge in [0.05, 0.1) is 5.69 Å². The van der Waals surface area contributed by atoms with Crippen LogP contribution in [-0.2, 0) is 4.79 Å². The SMILES string of the molecule is N[C@@H]1COc2ccccc2N(CC(F)(F)F)C1=O. The molecule has 1 aliphatic rings. The Morgan fingerprint density at radius 2 is 2.06 bits per heavy atom. The zero-order valence-electron chi connectivity index (χ0n) is 9.28. The summed E-state index contributed by atoms with van der Waals surface area (Å²) in [5.74, 6) is -0.569. The molecule has 0 saturated carbocycles. The second-order valence-electron chi connectivity index (χ2n) is 3.92. The first kappa shape index (κ1) is 12.7. The van der Waals surface area contributed by atoms with Crippen LogP contribution in [0.25, 0.3) is 0 Å².